The van der Waals surface area contributed by atoms with Crippen LogP contribution in [0.4, 0.5) is 35.7 Å². The number of benzene rings is 5. The first-order valence-corrected chi connectivity index (χ1v) is 34.1. The summed E-state index contributed by atoms with van der Waals surface area (Å²) in [5.74, 6) is 5.32. The van der Waals surface area contributed by atoms with E-state index in [4.69, 9.17) is 99.5 Å². The number of anilines is 6. The number of halogens is 6. The molecule has 0 atom stereocenters. The monoisotopic (exact) mass is 1360 g/mol. The number of hydrogen-bond acceptors (Lipinski definition) is 18. The molecule has 4 heterocycles. The highest BCUT2D eigenvalue weighted by Crippen LogP contribution is 2.38. The van der Waals surface area contributed by atoms with Crippen LogP contribution in [-0.4, -0.2) is 99.1 Å². The van der Waals surface area contributed by atoms with Crippen LogP contribution >= 0.6 is 69.6 Å². The zero-order valence-corrected chi connectivity index (χ0v) is 56.0. The van der Waals surface area contributed by atoms with Gasteiger partial charge in [0.25, 0.3) is 0 Å². The number of nitrogens with one attached hydrogen (secondary N) is 6. The second-order valence-corrected chi connectivity index (χ2v) is 26.8. The highest BCUT2D eigenvalue weighted by atomic mass is 35.6. The van der Waals surface area contributed by atoms with Gasteiger partial charge in [0.2, 0.25) is 43.3 Å². The van der Waals surface area contributed by atoms with Crippen LogP contribution in [0.1, 0.15) is 126 Å². The van der Waals surface area contributed by atoms with Crippen LogP contribution in [0.2, 0.25) is 0 Å². The summed E-state index contributed by atoms with van der Waals surface area (Å²) in [4.78, 5) is 55.3. The molecule has 0 fully saturated rings. The smallest absolute Gasteiger partial charge is 0.250 e. The molecule has 482 valence electrons. The topological polar surface area (TPSA) is 227 Å². The Morgan fingerprint density at radius 3 is 0.739 bits per heavy atom. The first kappa shape index (κ1) is 69.0. The third-order valence-electron chi connectivity index (χ3n) is 14.9. The lowest BCUT2D eigenvalue weighted by Crippen LogP contribution is -2.14. The van der Waals surface area contributed by atoms with Crippen LogP contribution in [0.3, 0.4) is 0 Å². The predicted molar refractivity (Wildman–Crippen MR) is 378 cm³/mol. The molecule has 0 saturated heterocycles. The van der Waals surface area contributed by atoms with Gasteiger partial charge in [-0.15, -0.1) is 0 Å². The first-order valence-electron chi connectivity index (χ1n) is 31.8. The van der Waals surface area contributed by atoms with E-state index in [-0.39, 0.29) is 11.6 Å². The lowest BCUT2D eigenvalue weighted by atomic mass is 10.0. The van der Waals surface area contributed by atoms with Crippen LogP contribution in [0.15, 0.2) is 146 Å². The fourth-order valence-electron chi connectivity index (χ4n) is 10.1. The Morgan fingerprint density at radius 1 is 0.239 bits per heavy atom. The molecule has 6 N–H and O–H groups in total. The molecule has 9 rings (SSSR count). The summed E-state index contributed by atoms with van der Waals surface area (Å²) in [5.41, 5.74) is 6.32. The molecule has 92 heavy (non-hydrogen) atoms. The van der Waals surface area contributed by atoms with Crippen LogP contribution in [0.25, 0.3) is 45.6 Å². The quantitative estimate of drug-likeness (QED) is 0.0156. The summed E-state index contributed by atoms with van der Waals surface area (Å²) in [6, 6.07) is 48.3. The largest absolute Gasteiger partial charge is 0.354 e. The van der Waals surface area contributed by atoms with E-state index < -0.39 is 7.59 Å². The Balaban J connectivity index is 0.626. The van der Waals surface area contributed by atoms with Gasteiger partial charge in [0.05, 0.1) is 0 Å². The molecule has 0 aliphatic heterocycles. The third kappa shape index (κ3) is 23.7. The maximum atomic E-state index is 6.16. The van der Waals surface area contributed by atoms with E-state index in [0.717, 1.165) is 164 Å². The van der Waals surface area contributed by atoms with E-state index >= 15 is 0 Å². The van der Waals surface area contributed by atoms with Crippen molar-refractivity contribution >= 4 is 105 Å². The van der Waals surface area contributed by atoms with Crippen molar-refractivity contribution in [3.63, 3.8) is 0 Å². The minimum atomic E-state index is -1.78. The Morgan fingerprint density at radius 2 is 0.478 bits per heavy atom. The van der Waals surface area contributed by atoms with E-state index in [1.54, 1.807) is 0 Å². The van der Waals surface area contributed by atoms with Crippen molar-refractivity contribution in [1.29, 1.82) is 0 Å². The van der Waals surface area contributed by atoms with Crippen molar-refractivity contribution in [2.75, 3.05) is 71.2 Å². The van der Waals surface area contributed by atoms with Crippen LogP contribution < -0.4 is 31.9 Å². The van der Waals surface area contributed by atoms with E-state index in [9.17, 15) is 0 Å². The van der Waals surface area contributed by atoms with Gasteiger partial charge in [0.1, 0.15) is 0 Å². The molecule has 0 aliphatic rings. The van der Waals surface area contributed by atoms with Gasteiger partial charge in [-0.1, -0.05) is 267 Å². The average Bonchev–Trinajstić information content (AvgIpc) is 1.06. The van der Waals surface area contributed by atoms with Gasteiger partial charge >= 0.3 is 0 Å². The molecule has 18 nitrogen and oxygen atoms in total. The molecule has 0 spiro atoms. The minimum Gasteiger partial charge on any atom is -0.354 e. The number of unbranched alkanes of at least 4 members (excludes halogenated alkanes) is 12. The summed E-state index contributed by atoms with van der Waals surface area (Å²) in [6.45, 7) is 4.35. The van der Waals surface area contributed by atoms with Crippen molar-refractivity contribution in [3.8, 4) is 45.6 Å². The van der Waals surface area contributed by atoms with Gasteiger partial charge in [-0.25, -0.2) is 9.97 Å². The Kier molecular flexibility index (Phi) is 27.6. The van der Waals surface area contributed by atoms with Crippen molar-refractivity contribution in [1.82, 2.24) is 59.8 Å². The number of rotatable bonds is 38. The Labute approximate surface area is 569 Å². The lowest BCUT2D eigenvalue weighted by molar-refractivity contribution is 0.648. The van der Waals surface area contributed by atoms with Crippen LogP contribution in [0, 0.1) is 0 Å². The zero-order chi connectivity index (χ0) is 64.1. The maximum absolute atomic E-state index is 6.16. The molecular formula is C68H78Cl6N18. The van der Waals surface area contributed by atoms with E-state index in [2.05, 4.69) is 86.1 Å². The van der Waals surface area contributed by atoms with Crippen molar-refractivity contribution in [3.05, 3.63) is 168 Å². The molecular weight excluding hydrogens is 1280 g/mol. The number of hydrogen-bond donors (Lipinski definition) is 6. The molecule has 4 aromatic heterocycles. The minimum absolute atomic E-state index is 0.0747. The Bertz CT molecular complexity index is 3390. The second-order valence-electron chi connectivity index (χ2n) is 22.2. The maximum Gasteiger partial charge on any atom is 0.250 e. The van der Waals surface area contributed by atoms with Gasteiger partial charge in [-0.3, -0.25) is 0 Å². The van der Waals surface area contributed by atoms with E-state index in [1.807, 2.05) is 121 Å². The summed E-state index contributed by atoms with van der Waals surface area (Å²) < 4.78 is -3.55. The van der Waals surface area contributed by atoms with Crippen molar-refractivity contribution in [2.45, 2.75) is 123 Å². The summed E-state index contributed by atoms with van der Waals surface area (Å²) in [7, 11) is 0. The number of alkyl halides is 6. The van der Waals surface area contributed by atoms with Crippen LogP contribution in [-0.2, 0) is 20.4 Å². The summed E-state index contributed by atoms with van der Waals surface area (Å²) >= 11 is 37.0. The molecule has 0 aliphatic carbocycles. The van der Waals surface area contributed by atoms with Gasteiger partial charge in [-0.2, -0.15) is 49.8 Å². The molecule has 0 amide bonds. The lowest BCUT2D eigenvalue weighted by Gasteiger charge is -2.13. The predicted octanol–water partition coefficient (Wildman–Crippen LogP) is 17.3. The van der Waals surface area contributed by atoms with Crippen LogP contribution in [0.5, 0.6) is 0 Å². The number of aryl methyl sites for hydroxylation is 2. The molecule has 9 aromatic rings. The van der Waals surface area contributed by atoms with Crippen molar-refractivity contribution in [2.24, 2.45) is 0 Å². The van der Waals surface area contributed by atoms with Gasteiger partial charge in [-0.05, 0) is 75.3 Å². The fraction of sp³-hybridized carbons (Fsp3) is 0.382. The number of aromatic nitrogens is 12. The Hall–Kier alpha value is -7.32. The first-order chi connectivity index (χ1) is 44.9. The average molecular weight is 1360 g/mol. The normalized spacial score (nSPS) is 11.5. The summed E-state index contributed by atoms with van der Waals surface area (Å²) in [5, 5.41) is 20.4. The standard InChI is InChI=1S/C68H78Cl6N18/c69-67(70,71)59-81-55(51-34-15-9-16-35-51)83-61(89-59)75-42-25-5-7-27-46-79-65-87-57(53-38-19-11-20-39-53)85-63(91-65)77-44-23-3-1-13-30-49-32-29-33-50(48-49)31-14-2-4-24-45-78-64-86-58(54-40-21-12-22-41-54)88-66(92-64)80-47-28-8-6-26-43-76-62-84-56(52-36-17-10-18-37-52)82-60(90-62)68(72,73)74/h9-12,15-22,29,32-41,48H,1-8,13-14,23-28,30-31,42-47H2,(H,75,81,83,89)(H,76,82,84,90)(H2,77,79,85,87,91)(H2,78,80,86,88,92). The molecule has 0 bridgehead atoms. The molecule has 24 heteroatoms. The highest BCUT2D eigenvalue weighted by molar-refractivity contribution is 6.67. The van der Waals surface area contributed by atoms with Crippen molar-refractivity contribution < 1.29 is 0 Å². The molecule has 5 aromatic carbocycles. The molecule has 0 unspecified atom stereocenters. The second kappa shape index (κ2) is 36.8. The SMILES string of the molecule is ClC(Cl)(Cl)c1nc(NCCCCCCNc2nc(NCCCCCCc3cccc(CCCCCCNc4nc(NCCCCCCNc5nc(-c6ccccc6)nc(C(Cl)(Cl)Cl)n5)nc(-c5ccccc5)n4)c3)nc(-c3ccccc3)n2)nc(-c2ccccc2)n1. The van der Waals surface area contributed by atoms with Gasteiger partial charge in [0.15, 0.2) is 34.9 Å². The third-order valence-corrected chi connectivity index (χ3v) is 15.9. The highest BCUT2D eigenvalue weighted by Gasteiger charge is 2.30. The summed E-state index contributed by atoms with van der Waals surface area (Å²) in [6.07, 6.45) is 18.8. The molecule has 0 saturated carbocycles. The number of nitrogens with zero attached hydrogens (tertiary/aromatic N) is 12. The van der Waals surface area contributed by atoms with Gasteiger partial charge in [0, 0.05) is 61.5 Å². The zero-order valence-electron chi connectivity index (χ0n) is 51.5. The van der Waals surface area contributed by atoms with E-state index in [1.165, 1.54) is 11.1 Å². The fourth-order valence-corrected chi connectivity index (χ4v) is 10.6. The molecule has 0 radical (unpaired) electrons. The van der Waals surface area contributed by atoms with E-state index in [0.29, 0.717) is 72.1 Å². The van der Waals surface area contributed by atoms with Gasteiger partial charge < -0.3 is 31.9 Å².